The molecule has 142 valence electrons. The van der Waals surface area contributed by atoms with Crippen molar-refractivity contribution in [2.24, 2.45) is 0 Å². The minimum atomic E-state index is -0.471. The first-order valence-corrected chi connectivity index (χ1v) is 9.80. The first kappa shape index (κ1) is 18.4. The molecule has 3 heteroatoms. The van der Waals surface area contributed by atoms with Crippen LogP contribution >= 0.6 is 0 Å². The summed E-state index contributed by atoms with van der Waals surface area (Å²) in [6.07, 6.45) is 1.72. The van der Waals surface area contributed by atoms with Gasteiger partial charge in [-0.15, -0.1) is 0 Å². The van der Waals surface area contributed by atoms with Gasteiger partial charge in [-0.25, -0.2) is 4.39 Å². The summed E-state index contributed by atoms with van der Waals surface area (Å²) in [5, 5.41) is 0. The summed E-state index contributed by atoms with van der Waals surface area (Å²) in [6, 6.07) is 16.9. The van der Waals surface area contributed by atoms with Gasteiger partial charge in [0.2, 0.25) is 0 Å². The first-order valence-electron chi connectivity index (χ1n) is 9.80. The van der Waals surface area contributed by atoms with Crippen LogP contribution in [0.25, 0.3) is 11.1 Å². The average molecular weight is 373 g/mol. The Balaban J connectivity index is 1.86. The quantitative estimate of drug-likeness (QED) is 0.562. The van der Waals surface area contributed by atoms with Gasteiger partial charge in [0.15, 0.2) is 0 Å². The highest BCUT2D eigenvalue weighted by Crippen LogP contribution is 2.41. The van der Waals surface area contributed by atoms with E-state index in [2.05, 4.69) is 51.1 Å². The highest BCUT2D eigenvalue weighted by Gasteiger charge is 2.30. The molecule has 0 atom stereocenters. The predicted molar refractivity (Wildman–Crippen MR) is 113 cm³/mol. The number of carbonyl (C=O) groups is 1. The fraction of sp³-hybridized carbons (Fsp3) is 0.240. The molecule has 0 radical (unpaired) electrons. The highest BCUT2D eigenvalue weighted by atomic mass is 19.1. The van der Waals surface area contributed by atoms with Gasteiger partial charge in [0, 0.05) is 12.2 Å². The molecule has 1 amide bonds. The van der Waals surface area contributed by atoms with Crippen LogP contribution in [0.2, 0.25) is 0 Å². The number of nitrogens with zero attached hydrogens (tertiary/aromatic N) is 1. The van der Waals surface area contributed by atoms with E-state index in [4.69, 9.17) is 0 Å². The Bertz CT molecular complexity index is 1050. The molecule has 1 aliphatic rings. The molecule has 1 heterocycles. The van der Waals surface area contributed by atoms with Crippen LogP contribution in [0.3, 0.4) is 0 Å². The lowest BCUT2D eigenvalue weighted by molar-refractivity contribution is 0.0985. The largest absolute Gasteiger partial charge is 0.308 e. The number of fused-ring (bicyclic) bond motifs is 1. The predicted octanol–water partition coefficient (Wildman–Crippen LogP) is 5.87. The standard InChI is InChI=1S/C25H24FNO/c1-4-19-17(3)15-23-21(24(19)18-11-9-16(2)10-12-18)13-14-27(23)25(28)20-7-5-6-8-22(20)26/h5-12,15H,4,13-14H2,1-3H3. The Morgan fingerprint density at radius 1 is 1.07 bits per heavy atom. The first-order chi connectivity index (χ1) is 13.5. The average Bonchev–Trinajstić information content (AvgIpc) is 3.11. The van der Waals surface area contributed by atoms with Crippen molar-refractivity contribution in [1.29, 1.82) is 0 Å². The molecule has 0 unspecified atom stereocenters. The molecule has 2 nitrogen and oxygen atoms in total. The lowest BCUT2D eigenvalue weighted by atomic mass is 9.88. The van der Waals surface area contributed by atoms with Crippen molar-refractivity contribution < 1.29 is 9.18 Å². The fourth-order valence-electron chi connectivity index (χ4n) is 4.24. The second-order valence-corrected chi connectivity index (χ2v) is 7.45. The Morgan fingerprint density at radius 2 is 1.79 bits per heavy atom. The summed E-state index contributed by atoms with van der Waals surface area (Å²) in [5.41, 5.74) is 8.37. The Morgan fingerprint density at radius 3 is 2.46 bits per heavy atom. The van der Waals surface area contributed by atoms with E-state index in [1.54, 1.807) is 23.1 Å². The molecule has 3 aromatic carbocycles. The molecule has 0 aliphatic carbocycles. The van der Waals surface area contributed by atoms with Crippen molar-refractivity contribution in [3.8, 4) is 11.1 Å². The third-order valence-corrected chi connectivity index (χ3v) is 5.66. The molecule has 1 aliphatic heterocycles. The normalized spacial score (nSPS) is 12.9. The second-order valence-electron chi connectivity index (χ2n) is 7.45. The van der Waals surface area contributed by atoms with Gasteiger partial charge < -0.3 is 4.90 Å². The molecule has 28 heavy (non-hydrogen) atoms. The van der Waals surface area contributed by atoms with Crippen LogP contribution < -0.4 is 4.90 Å². The number of amides is 1. The number of anilines is 1. The van der Waals surface area contributed by atoms with Crippen LogP contribution in [0.4, 0.5) is 10.1 Å². The summed E-state index contributed by atoms with van der Waals surface area (Å²) in [6.45, 7) is 6.93. The van der Waals surface area contributed by atoms with E-state index in [9.17, 15) is 9.18 Å². The number of aryl methyl sites for hydroxylation is 2. The van der Waals surface area contributed by atoms with Crippen molar-refractivity contribution in [2.75, 3.05) is 11.4 Å². The van der Waals surface area contributed by atoms with Crippen molar-refractivity contribution in [1.82, 2.24) is 0 Å². The molecule has 0 N–H and O–H groups in total. The van der Waals surface area contributed by atoms with Gasteiger partial charge in [0.05, 0.1) is 5.56 Å². The van der Waals surface area contributed by atoms with E-state index >= 15 is 0 Å². The van der Waals surface area contributed by atoms with Crippen molar-refractivity contribution in [3.05, 3.63) is 88.2 Å². The maximum atomic E-state index is 14.2. The Kier molecular flexibility index (Phi) is 4.76. The van der Waals surface area contributed by atoms with E-state index < -0.39 is 5.82 Å². The maximum absolute atomic E-state index is 14.2. The number of hydrogen-bond donors (Lipinski definition) is 0. The van der Waals surface area contributed by atoms with E-state index in [1.807, 2.05) is 0 Å². The monoisotopic (exact) mass is 373 g/mol. The summed E-state index contributed by atoms with van der Waals surface area (Å²) >= 11 is 0. The van der Waals surface area contributed by atoms with Crippen LogP contribution in [0.5, 0.6) is 0 Å². The fourth-order valence-corrected chi connectivity index (χ4v) is 4.24. The smallest absolute Gasteiger partial charge is 0.261 e. The van der Waals surface area contributed by atoms with Gasteiger partial charge in [0.25, 0.3) is 5.91 Å². The third kappa shape index (κ3) is 3.01. The lowest BCUT2D eigenvalue weighted by Gasteiger charge is -2.21. The van der Waals surface area contributed by atoms with Crippen LogP contribution in [-0.4, -0.2) is 12.5 Å². The van der Waals surface area contributed by atoms with Crippen LogP contribution in [0.1, 0.15) is 39.5 Å². The number of hydrogen-bond acceptors (Lipinski definition) is 1. The van der Waals surface area contributed by atoms with Gasteiger partial charge in [-0.2, -0.15) is 0 Å². The SMILES string of the molecule is CCc1c(C)cc2c(c1-c1ccc(C)cc1)CCN2C(=O)c1ccccc1F. The number of halogens is 1. The molecule has 0 aromatic heterocycles. The number of benzene rings is 3. The van der Waals surface area contributed by atoms with Crippen LogP contribution in [-0.2, 0) is 12.8 Å². The summed E-state index contributed by atoms with van der Waals surface area (Å²) < 4.78 is 14.2. The molecule has 0 bridgehead atoms. The maximum Gasteiger partial charge on any atom is 0.261 e. The van der Waals surface area contributed by atoms with Gasteiger partial charge in [-0.1, -0.05) is 48.9 Å². The molecule has 0 spiro atoms. The second kappa shape index (κ2) is 7.23. The van der Waals surface area contributed by atoms with Gasteiger partial charge in [-0.05, 0) is 72.7 Å². The van der Waals surface area contributed by atoms with E-state index in [0.29, 0.717) is 6.54 Å². The number of rotatable bonds is 3. The van der Waals surface area contributed by atoms with E-state index in [1.165, 1.54) is 39.4 Å². The topological polar surface area (TPSA) is 20.3 Å². The molecular weight excluding hydrogens is 349 g/mol. The molecule has 4 rings (SSSR count). The van der Waals surface area contributed by atoms with Crippen molar-refractivity contribution >= 4 is 11.6 Å². The summed E-state index contributed by atoms with van der Waals surface area (Å²) in [7, 11) is 0. The van der Waals surface area contributed by atoms with Crippen molar-refractivity contribution in [3.63, 3.8) is 0 Å². The van der Waals surface area contributed by atoms with Crippen LogP contribution in [0.15, 0.2) is 54.6 Å². The zero-order valence-electron chi connectivity index (χ0n) is 16.6. The minimum absolute atomic E-state index is 0.129. The molecule has 0 saturated carbocycles. The summed E-state index contributed by atoms with van der Waals surface area (Å²) in [4.78, 5) is 14.8. The highest BCUT2D eigenvalue weighted by molar-refractivity contribution is 6.08. The number of carbonyl (C=O) groups excluding carboxylic acids is 1. The Labute approximate surface area is 165 Å². The van der Waals surface area contributed by atoms with E-state index in [-0.39, 0.29) is 11.5 Å². The van der Waals surface area contributed by atoms with Crippen LogP contribution in [0, 0.1) is 19.7 Å². The van der Waals surface area contributed by atoms with Gasteiger partial charge in [0.1, 0.15) is 5.82 Å². The van der Waals surface area contributed by atoms with Crippen molar-refractivity contribution in [2.45, 2.75) is 33.6 Å². The third-order valence-electron chi connectivity index (χ3n) is 5.66. The molecule has 0 fully saturated rings. The van der Waals surface area contributed by atoms with Gasteiger partial charge >= 0.3 is 0 Å². The summed E-state index contributed by atoms with van der Waals surface area (Å²) in [5.74, 6) is -0.739. The molecule has 3 aromatic rings. The zero-order valence-corrected chi connectivity index (χ0v) is 16.6. The zero-order chi connectivity index (χ0) is 19.8. The molecule has 0 saturated heterocycles. The molecular formula is C25H24FNO. The lowest BCUT2D eigenvalue weighted by Crippen LogP contribution is -2.29. The van der Waals surface area contributed by atoms with Gasteiger partial charge in [-0.3, -0.25) is 4.79 Å². The Hall–Kier alpha value is -2.94. The van der Waals surface area contributed by atoms with E-state index in [0.717, 1.165) is 18.5 Å². The minimum Gasteiger partial charge on any atom is -0.308 e.